The second kappa shape index (κ2) is 58.7. The lowest BCUT2D eigenvalue weighted by atomic mass is 9.99. The van der Waals surface area contributed by atoms with Gasteiger partial charge in [-0.15, -0.1) is 0 Å². The number of benzene rings is 7. The van der Waals surface area contributed by atoms with Crippen LogP contribution in [0, 0.1) is 27.7 Å². The van der Waals surface area contributed by atoms with Crippen LogP contribution in [0.4, 0.5) is 34.1 Å². The fourth-order valence-corrected chi connectivity index (χ4v) is 8.44. The quantitative estimate of drug-likeness (QED) is 0.0365. The number of aryl methyl sites for hydroxylation is 5. The van der Waals surface area contributed by atoms with Crippen LogP contribution < -0.4 is 39.4 Å². The average Bonchev–Trinajstić information content (AvgIpc) is 2.54. The molecule has 9 rings (SSSR count). The molecule has 1 aliphatic heterocycles. The van der Waals surface area contributed by atoms with Crippen molar-refractivity contribution in [3.8, 4) is 11.1 Å². The summed E-state index contributed by atoms with van der Waals surface area (Å²) >= 11 is 1.58. The highest BCUT2D eigenvalue weighted by molar-refractivity contribution is 7.78. The lowest BCUT2D eigenvalue weighted by Gasteiger charge is -2.13. The fraction of sp³-hybridized carbons (Fsp3) is 0.375. The molecule has 9 nitrogen and oxygen atoms in total. The zero-order valence-electron chi connectivity index (χ0n) is 60.6. The predicted molar refractivity (Wildman–Crippen MR) is 412 cm³/mol. The standard InChI is InChI=1S/C15H17N.C12H19N.3C9H13N.C8H11N.C5H5N.C4H5N.C4H10S.C2H6O.C2H7P.CH4/c1-12-8-4-5-9-13(12)14-10-6-7-11-15(14)16(2)3;1-4-5-7-11-8-6-9-12(10-11)13(2)3;3*1-8-5-4-6-9(7-8)10(2)3;1-9(2)8-6-4-3-5-7-8;1-2-4-6-5-3-1;1-2-4-5-3-1;1-3-5-4-2;2*1-3-2;/h4-11H,1-3H3;6,8-10H,4-5,7H2,1-3H3;3*4-7H,1-3H3;3-7H,1-2H3;1-5H;1,3-4H,2H2;3-4H2,1-2H3;1-2H3;3H,1-2H3;1H4/p+11. The van der Waals surface area contributed by atoms with Gasteiger partial charge in [0.25, 0.3) is 0 Å². The molecule has 7 aromatic carbocycles. The van der Waals surface area contributed by atoms with Crippen LogP contribution in [0.25, 0.3) is 11.1 Å². The molecule has 9 N–H and O–H groups in total. The van der Waals surface area contributed by atoms with E-state index < -0.39 is 0 Å². The van der Waals surface area contributed by atoms with E-state index in [4.69, 9.17) is 0 Å². The van der Waals surface area contributed by atoms with Crippen molar-refractivity contribution in [1.29, 1.82) is 0 Å². The Kier molecular flexibility index (Phi) is 57.2. The van der Waals surface area contributed by atoms with Gasteiger partial charge in [-0.1, -0.05) is 130 Å². The van der Waals surface area contributed by atoms with Crippen molar-refractivity contribution in [2.75, 3.05) is 124 Å². The van der Waals surface area contributed by atoms with Gasteiger partial charge in [0.1, 0.15) is 66.1 Å². The molecule has 500 valence electrons. The van der Waals surface area contributed by atoms with E-state index in [1.165, 1.54) is 133 Å². The molecule has 8 aromatic rings. The largest absolute Gasteiger partial charge is 0.438 e. The van der Waals surface area contributed by atoms with Gasteiger partial charge in [0.15, 0.2) is 18.6 Å². The van der Waals surface area contributed by atoms with Crippen LogP contribution in [-0.4, -0.2) is 135 Å². The minimum atomic E-state index is 0. The minimum absolute atomic E-state index is 0. The minimum Gasteiger partial charge on any atom is -0.438 e. The van der Waals surface area contributed by atoms with Gasteiger partial charge >= 0.3 is 0 Å². The Morgan fingerprint density at radius 3 is 1.10 bits per heavy atom. The maximum Gasteiger partial charge on any atom is 0.166 e. The molecule has 2 heterocycles. The van der Waals surface area contributed by atoms with Gasteiger partial charge in [0.2, 0.25) is 0 Å². The van der Waals surface area contributed by atoms with E-state index in [0.29, 0.717) is 0 Å². The van der Waals surface area contributed by atoms with E-state index in [1.54, 1.807) is 26.0 Å². The van der Waals surface area contributed by atoms with Crippen LogP contribution in [0.15, 0.2) is 219 Å². The van der Waals surface area contributed by atoms with Crippen molar-refractivity contribution < 1.29 is 44.1 Å². The highest BCUT2D eigenvalue weighted by atomic mass is 32.2. The molecule has 0 aliphatic carbocycles. The van der Waals surface area contributed by atoms with Gasteiger partial charge in [0.05, 0.1) is 84.6 Å². The number of hydrogen-bond acceptors (Lipinski definition) is 0. The predicted octanol–water partition coefficient (Wildman–Crippen LogP) is 8.48. The third-order valence-corrected chi connectivity index (χ3v) is 13.9. The van der Waals surface area contributed by atoms with Gasteiger partial charge < -0.3 is 34.1 Å². The van der Waals surface area contributed by atoms with Crippen molar-refractivity contribution >= 4 is 60.7 Å². The second-order valence-electron chi connectivity index (χ2n) is 23.1. The van der Waals surface area contributed by atoms with E-state index in [-0.39, 0.29) is 7.43 Å². The number of ether oxygens (including phenoxy) is 1. The molecule has 91 heavy (non-hydrogen) atoms. The summed E-state index contributed by atoms with van der Waals surface area (Å²) in [7, 11) is 30.0. The first-order chi connectivity index (χ1) is 43.1. The molecule has 0 saturated heterocycles. The summed E-state index contributed by atoms with van der Waals surface area (Å²) in [5.74, 6) is 2.63. The maximum absolute atomic E-state index is 3.50. The molecule has 0 bridgehead atoms. The number of thiol groups is 1. The van der Waals surface area contributed by atoms with Crippen LogP contribution in [0.2, 0.25) is 0 Å². The number of quaternary nitrogens is 6. The third-order valence-electron chi connectivity index (χ3n) is 13.0. The molecule has 0 spiro atoms. The van der Waals surface area contributed by atoms with Crippen LogP contribution in [0.3, 0.4) is 0 Å². The zero-order valence-corrected chi connectivity index (χ0v) is 62.6. The number of pyridine rings is 1. The molecule has 1 aromatic heterocycles. The molecular weight excluding hydrogens is 1150 g/mol. The summed E-state index contributed by atoms with van der Waals surface area (Å²) in [6, 6.07) is 67.9. The highest BCUT2D eigenvalue weighted by Crippen LogP contribution is 2.27. The molecule has 0 atom stereocenters. The van der Waals surface area contributed by atoms with E-state index in [0.717, 1.165) is 15.0 Å². The van der Waals surface area contributed by atoms with E-state index in [9.17, 15) is 0 Å². The topological polar surface area (TPSA) is 67.5 Å². The molecule has 0 radical (unpaired) electrons. The SMILES string of the molecule is C.C1=C[NH+]=CC1.CCCCc1cccc([NH+](C)C)c1.CC[SH+]CC.C[NH+](C)c1ccccc1.C[OH+]C.C[PH2+]C.Cc1cccc([NH+](C)C)c1.Cc1cccc([NH+](C)C)c1.Cc1cccc([NH+](C)C)c1.Cc1ccccc1-c1ccccc1[NH+](C)C.c1cc[nH+]cc1. The Balaban J connectivity index is -0.000000963. The van der Waals surface area contributed by atoms with Gasteiger partial charge in [0, 0.05) is 61.7 Å². The smallest absolute Gasteiger partial charge is 0.166 e. The van der Waals surface area contributed by atoms with Crippen molar-refractivity contribution in [2.24, 2.45) is 0 Å². The Morgan fingerprint density at radius 2 is 0.813 bits per heavy atom. The van der Waals surface area contributed by atoms with Crippen LogP contribution in [-0.2, 0) is 18.2 Å². The van der Waals surface area contributed by atoms with E-state index >= 15 is 0 Å². The van der Waals surface area contributed by atoms with Crippen molar-refractivity contribution in [3.63, 3.8) is 0 Å². The summed E-state index contributed by atoms with van der Waals surface area (Å²) in [5.41, 5.74) is 17.6. The summed E-state index contributed by atoms with van der Waals surface area (Å²) in [6.07, 6.45) is 14.6. The Bertz CT molecular complexity index is 2830. The zero-order chi connectivity index (χ0) is 67.9. The molecule has 0 amide bonds. The van der Waals surface area contributed by atoms with Gasteiger partial charge in [-0.05, 0) is 163 Å². The molecule has 1 aliphatic rings. The van der Waals surface area contributed by atoms with Gasteiger partial charge in [-0.25, -0.2) is 9.98 Å². The first kappa shape index (κ1) is 88.8. The number of H-pyrrole nitrogens is 1. The summed E-state index contributed by atoms with van der Waals surface area (Å²) in [5, 5.41) is 0. The average molecular weight is 1290 g/mol. The summed E-state index contributed by atoms with van der Waals surface area (Å²) in [6.45, 7) is 19.6. The van der Waals surface area contributed by atoms with Gasteiger partial charge in [-0.2, -0.15) is 0 Å². The third kappa shape index (κ3) is 47.2. The lowest BCUT2D eigenvalue weighted by Crippen LogP contribution is -3.00. The highest BCUT2D eigenvalue weighted by Gasteiger charge is 2.11. The lowest BCUT2D eigenvalue weighted by molar-refractivity contribution is -0.786. The van der Waals surface area contributed by atoms with Crippen LogP contribution in [0.1, 0.15) is 75.3 Å². The van der Waals surface area contributed by atoms with Crippen molar-refractivity contribution in [1.82, 2.24) is 0 Å². The van der Waals surface area contributed by atoms with Gasteiger partial charge in [-0.3, -0.25) is 0 Å². The molecule has 0 unspecified atom stereocenters. The number of nitrogens with one attached hydrogen (secondary N) is 8. The van der Waals surface area contributed by atoms with Crippen molar-refractivity contribution in [2.45, 2.75) is 81.6 Å². The number of unbranched alkanes of at least 4 members (excludes halogenated alkanes) is 1. The number of para-hydroxylation sites is 2. The maximum atomic E-state index is 3.50. The molecular formula is C80H134N8OPS+11. The summed E-state index contributed by atoms with van der Waals surface area (Å²) < 4.78 is 3.50. The fourth-order valence-electron chi connectivity index (χ4n) is 7.99. The molecule has 11 heteroatoms. The monoisotopic (exact) mass is 1290 g/mol. The second-order valence-corrected chi connectivity index (χ2v) is 26.0. The number of aromatic amines is 1. The van der Waals surface area contributed by atoms with Crippen molar-refractivity contribution in [3.05, 3.63) is 247 Å². The first-order valence-corrected chi connectivity index (χ1v) is 36.0. The normalized spacial score (nSPS) is 10.2. The van der Waals surface area contributed by atoms with E-state index in [1.807, 2.05) is 49.1 Å². The Hall–Kier alpha value is -6.40. The Labute approximate surface area is 564 Å². The number of allylic oxidation sites excluding steroid dienone is 1. The van der Waals surface area contributed by atoms with Crippen LogP contribution >= 0.6 is 8.58 Å². The first-order valence-electron chi connectivity index (χ1n) is 32.4. The molecule has 0 saturated carbocycles. The number of hydrogen-bond donors (Lipinski definition) is 7. The van der Waals surface area contributed by atoms with E-state index in [2.05, 4.69) is 337 Å². The number of aromatic nitrogens is 1. The van der Waals surface area contributed by atoms with Crippen LogP contribution in [0.5, 0.6) is 0 Å². The Morgan fingerprint density at radius 1 is 0.440 bits per heavy atom. The number of aliphatic hydroxyl groups is 2. The molecule has 0 fully saturated rings. The number of rotatable bonds is 12. The summed E-state index contributed by atoms with van der Waals surface area (Å²) in [4.78, 5) is 14.1.